The molecule has 1 fully saturated rings. The van der Waals surface area contributed by atoms with E-state index >= 15 is 0 Å². The van der Waals surface area contributed by atoms with Crippen molar-refractivity contribution in [2.75, 3.05) is 9.80 Å². The topological polar surface area (TPSA) is 89.2 Å². The van der Waals surface area contributed by atoms with Crippen molar-refractivity contribution in [1.82, 2.24) is 9.97 Å². The highest BCUT2D eigenvalue weighted by Gasteiger charge is 2.42. The first-order valence-electron chi connectivity index (χ1n) is 10.4. The van der Waals surface area contributed by atoms with Gasteiger partial charge in [-0.2, -0.15) is 4.98 Å². The minimum absolute atomic E-state index is 0.165. The van der Waals surface area contributed by atoms with E-state index in [1.54, 1.807) is 18.0 Å². The molecule has 8 heteroatoms. The molecule has 1 aliphatic carbocycles. The number of aromatic nitrogens is 2. The van der Waals surface area contributed by atoms with Crippen molar-refractivity contribution in [2.45, 2.75) is 64.3 Å². The van der Waals surface area contributed by atoms with Crippen LogP contribution in [0.4, 0.5) is 11.5 Å². The lowest BCUT2D eigenvalue weighted by molar-refractivity contribution is 0.0446. The quantitative estimate of drug-likeness (QED) is 0.412. The predicted molar refractivity (Wildman–Crippen MR) is 120 cm³/mol. The molecule has 0 spiro atoms. The van der Waals surface area contributed by atoms with E-state index in [0.717, 1.165) is 25.7 Å². The Balaban J connectivity index is 1.58. The zero-order chi connectivity index (χ0) is 21.3. The van der Waals surface area contributed by atoms with Crippen LogP contribution < -0.4 is 9.80 Å². The Hall–Kier alpha value is -2.51. The van der Waals surface area contributed by atoms with Gasteiger partial charge in [0.05, 0.1) is 24.9 Å². The molecular formula is C22H27ClN6O. The van der Waals surface area contributed by atoms with Gasteiger partial charge in [0.25, 0.3) is 0 Å². The standard InChI is InChI=1S/C22H27ClN6O/c1-3-18-20(25)28(14(2)24)19-12-26-22(23)27-21(19)29(18)16-9-10-17(11-16)30-13-15-7-5-4-6-8-15/h4-8,12,16-18,24-25H,3,9-11,13H2,1-2H3. The number of nitrogens with one attached hydrogen (secondary N) is 2. The SMILES string of the molecule is CCC1C(=N)N(C(C)=N)c2cnc(Cl)nc2N1C1CCC(OCc2ccccc2)C1. The zero-order valence-electron chi connectivity index (χ0n) is 17.3. The Kier molecular flexibility index (Phi) is 6.01. The fourth-order valence-corrected chi connectivity index (χ4v) is 4.67. The largest absolute Gasteiger partial charge is 0.373 e. The van der Waals surface area contributed by atoms with Crippen LogP contribution in [0.2, 0.25) is 5.28 Å². The normalized spacial score (nSPS) is 23.6. The first kappa shape index (κ1) is 20.8. The van der Waals surface area contributed by atoms with Gasteiger partial charge in [0.2, 0.25) is 5.28 Å². The zero-order valence-corrected chi connectivity index (χ0v) is 18.1. The number of nitrogens with zero attached hydrogens (tertiary/aromatic N) is 4. The second-order valence-corrected chi connectivity index (χ2v) is 8.21. The number of halogens is 1. The van der Waals surface area contributed by atoms with Crippen molar-refractivity contribution < 1.29 is 4.74 Å². The lowest BCUT2D eigenvalue weighted by Crippen LogP contribution is -2.57. The van der Waals surface area contributed by atoms with Gasteiger partial charge >= 0.3 is 0 Å². The molecule has 0 radical (unpaired) electrons. The lowest BCUT2D eigenvalue weighted by Gasteiger charge is -2.45. The molecule has 30 heavy (non-hydrogen) atoms. The lowest BCUT2D eigenvalue weighted by atomic mass is 10.0. The van der Waals surface area contributed by atoms with Crippen LogP contribution in [-0.4, -0.2) is 39.8 Å². The van der Waals surface area contributed by atoms with Crippen molar-refractivity contribution in [3.05, 3.63) is 47.4 Å². The Labute approximate surface area is 182 Å². The highest BCUT2D eigenvalue weighted by atomic mass is 35.5. The number of amidine groups is 2. The number of fused-ring (bicyclic) bond motifs is 1. The number of hydrogen-bond acceptors (Lipinski definition) is 6. The molecule has 0 bridgehead atoms. The van der Waals surface area contributed by atoms with Gasteiger partial charge in [-0.05, 0) is 49.8 Å². The third-order valence-electron chi connectivity index (χ3n) is 5.90. The minimum atomic E-state index is -0.165. The van der Waals surface area contributed by atoms with Gasteiger partial charge in [0, 0.05) is 6.04 Å². The van der Waals surface area contributed by atoms with E-state index in [0.29, 0.717) is 23.9 Å². The average molecular weight is 427 g/mol. The third-order valence-corrected chi connectivity index (χ3v) is 6.08. The van der Waals surface area contributed by atoms with Gasteiger partial charge in [-0.15, -0.1) is 0 Å². The summed E-state index contributed by atoms with van der Waals surface area (Å²) in [5, 5.41) is 17.1. The van der Waals surface area contributed by atoms with Crippen molar-refractivity contribution in [2.24, 2.45) is 0 Å². The van der Waals surface area contributed by atoms with Crippen LogP contribution >= 0.6 is 11.6 Å². The molecule has 3 atom stereocenters. The molecule has 1 aliphatic heterocycles. The van der Waals surface area contributed by atoms with E-state index in [1.807, 2.05) is 18.2 Å². The smallest absolute Gasteiger partial charge is 0.224 e. The van der Waals surface area contributed by atoms with Crippen molar-refractivity contribution in [3.8, 4) is 0 Å². The molecule has 158 valence electrons. The molecule has 2 aliphatic rings. The Morgan fingerprint density at radius 3 is 2.73 bits per heavy atom. The summed E-state index contributed by atoms with van der Waals surface area (Å²) in [6.07, 6.45) is 5.35. The Morgan fingerprint density at radius 1 is 1.27 bits per heavy atom. The maximum Gasteiger partial charge on any atom is 0.224 e. The van der Waals surface area contributed by atoms with Crippen molar-refractivity contribution in [1.29, 1.82) is 10.8 Å². The van der Waals surface area contributed by atoms with Crippen LogP contribution in [-0.2, 0) is 11.3 Å². The summed E-state index contributed by atoms with van der Waals surface area (Å²) >= 11 is 6.15. The van der Waals surface area contributed by atoms with Crippen LogP contribution in [0.3, 0.4) is 0 Å². The highest BCUT2D eigenvalue weighted by molar-refractivity contribution is 6.29. The number of anilines is 2. The highest BCUT2D eigenvalue weighted by Crippen LogP contribution is 2.41. The molecule has 7 nitrogen and oxygen atoms in total. The first-order chi connectivity index (χ1) is 14.5. The first-order valence-corrected chi connectivity index (χ1v) is 10.8. The molecular weight excluding hydrogens is 400 g/mol. The van der Waals surface area contributed by atoms with E-state index in [9.17, 15) is 0 Å². The van der Waals surface area contributed by atoms with E-state index in [-0.39, 0.29) is 29.3 Å². The van der Waals surface area contributed by atoms with Gasteiger partial charge in [0.1, 0.15) is 17.4 Å². The Bertz CT molecular complexity index is 936. The monoisotopic (exact) mass is 426 g/mol. The van der Waals surface area contributed by atoms with Crippen LogP contribution in [0.5, 0.6) is 0 Å². The molecule has 3 unspecified atom stereocenters. The van der Waals surface area contributed by atoms with E-state index in [2.05, 4.69) is 33.9 Å². The second-order valence-electron chi connectivity index (χ2n) is 7.87. The molecule has 1 aromatic carbocycles. The third kappa shape index (κ3) is 3.91. The van der Waals surface area contributed by atoms with Crippen LogP contribution in [0.1, 0.15) is 45.1 Å². The summed E-state index contributed by atoms with van der Waals surface area (Å²) in [5.41, 5.74) is 1.82. The molecule has 4 rings (SSSR count). The fourth-order valence-electron chi connectivity index (χ4n) is 4.54. The summed E-state index contributed by atoms with van der Waals surface area (Å²) in [4.78, 5) is 12.5. The number of rotatable bonds is 5. The van der Waals surface area contributed by atoms with Gasteiger partial charge < -0.3 is 9.64 Å². The number of benzene rings is 1. The fraction of sp³-hybridized carbons (Fsp3) is 0.455. The van der Waals surface area contributed by atoms with Gasteiger partial charge in [-0.3, -0.25) is 15.7 Å². The molecule has 0 amide bonds. The molecule has 1 aromatic heterocycles. The summed E-state index contributed by atoms with van der Waals surface area (Å²) in [6, 6.07) is 10.3. The van der Waals surface area contributed by atoms with Crippen LogP contribution in [0.25, 0.3) is 0 Å². The predicted octanol–water partition coefficient (Wildman–Crippen LogP) is 4.65. The molecule has 1 saturated carbocycles. The summed E-state index contributed by atoms with van der Waals surface area (Å²) in [6.45, 7) is 4.35. The van der Waals surface area contributed by atoms with E-state index < -0.39 is 0 Å². The molecule has 2 aromatic rings. The van der Waals surface area contributed by atoms with Crippen molar-refractivity contribution in [3.63, 3.8) is 0 Å². The molecule has 0 saturated heterocycles. The van der Waals surface area contributed by atoms with E-state index in [4.69, 9.17) is 27.2 Å². The van der Waals surface area contributed by atoms with Crippen LogP contribution in [0, 0.1) is 10.8 Å². The van der Waals surface area contributed by atoms with Gasteiger partial charge in [-0.1, -0.05) is 37.3 Å². The van der Waals surface area contributed by atoms with Gasteiger partial charge in [-0.25, -0.2) is 4.98 Å². The number of ether oxygens (including phenoxy) is 1. The van der Waals surface area contributed by atoms with E-state index in [1.165, 1.54) is 5.56 Å². The molecule has 2 N–H and O–H groups in total. The summed E-state index contributed by atoms with van der Waals surface area (Å²) in [7, 11) is 0. The minimum Gasteiger partial charge on any atom is -0.373 e. The summed E-state index contributed by atoms with van der Waals surface area (Å²) in [5.74, 6) is 1.37. The average Bonchev–Trinajstić information content (AvgIpc) is 3.20. The maximum atomic E-state index is 8.78. The van der Waals surface area contributed by atoms with Gasteiger partial charge in [0.15, 0.2) is 5.82 Å². The molecule has 2 heterocycles. The van der Waals surface area contributed by atoms with Crippen LogP contribution in [0.15, 0.2) is 36.5 Å². The maximum absolute atomic E-state index is 8.78. The second kappa shape index (κ2) is 8.70. The number of hydrogen-bond donors (Lipinski definition) is 2. The van der Waals surface area contributed by atoms with Crippen molar-refractivity contribution >= 4 is 34.8 Å². The Morgan fingerprint density at radius 2 is 2.03 bits per heavy atom. The summed E-state index contributed by atoms with van der Waals surface area (Å²) < 4.78 is 6.19.